The summed E-state index contributed by atoms with van der Waals surface area (Å²) in [7, 11) is 2.36. The first-order chi connectivity index (χ1) is 9.66. The molecule has 1 atom stereocenters. The highest BCUT2D eigenvalue weighted by atomic mass is 15.3. The summed E-state index contributed by atoms with van der Waals surface area (Å²) in [6, 6.07) is 8.88. The van der Waals surface area contributed by atoms with E-state index in [1.165, 1.54) is 56.3 Å². The summed E-state index contributed by atoms with van der Waals surface area (Å²) in [5.74, 6) is 0. The number of rotatable bonds is 10. The van der Waals surface area contributed by atoms with Crippen LogP contribution in [0.1, 0.15) is 57.9 Å². The molecule has 1 aromatic carbocycles. The zero-order valence-electron chi connectivity index (χ0n) is 13.7. The van der Waals surface area contributed by atoms with Gasteiger partial charge in [-0.15, -0.1) is 0 Å². The molecule has 0 fully saturated rings. The second-order valence-electron chi connectivity index (χ2n) is 6.00. The minimum atomic E-state index is 1.05. The molecule has 0 aromatic heterocycles. The minimum absolute atomic E-state index is 1.05. The molecule has 1 aromatic rings. The molecule has 0 amide bonds. The van der Waals surface area contributed by atoms with Crippen molar-refractivity contribution in [2.45, 2.75) is 52.4 Å². The van der Waals surface area contributed by atoms with Crippen LogP contribution in [0.5, 0.6) is 0 Å². The molecule has 0 heterocycles. The van der Waals surface area contributed by atoms with E-state index in [-0.39, 0.29) is 0 Å². The molecule has 0 bridgehead atoms. The Labute approximate surface area is 125 Å². The van der Waals surface area contributed by atoms with E-state index in [1.807, 2.05) is 6.08 Å². The van der Waals surface area contributed by atoms with Crippen molar-refractivity contribution >= 4 is 11.8 Å². The van der Waals surface area contributed by atoms with Crippen LogP contribution in [0, 0.1) is 0 Å². The number of nitrogens with zero attached hydrogens (tertiary/aromatic N) is 1. The highest BCUT2D eigenvalue weighted by Gasteiger charge is 2.21. The van der Waals surface area contributed by atoms with E-state index < -0.39 is 0 Å². The lowest BCUT2D eigenvalue weighted by atomic mass is 10.1. The van der Waals surface area contributed by atoms with E-state index in [1.54, 1.807) is 0 Å². The molecule has 1 rings (SSSR count). The summed E-state index contributed by atoms with van der Waals surface area (Å²) in [4.78, 5) is 0. The van der Waals surface area contributed by atoms with Crippen molar-refractivity contribution in [3.8, 4) is 0 Å². The minimum Gasteiger partial charge on any atom is -0.294 e. The lowest BCUT2D eigenvalue weighted by Gasteiger charge is -2.33. The van der Waals surface area contributed by atoms with Gasteiger partial charge in [-0.1, -0.05) is 45.3 Å². The fraction of sp³-hybridized carbons (Fsp3) is 0.579. The molecule has 0 radical (unpaired) electrons. The van der Waals surface area contributed by atoms with Gasteiger partial charge in [0.1, 0.15) is 5.69 Å². The molecule has 0 saturated carbocycles. The predicted molar refractivity (Wildman–Crippen MR) is 93.0 cm³/mol. The van der Waals surface area contributed by atoms with Gasteiger partial charge in [0.25, 0.3) is 0 Å². The summed E-state index contributed by atoms with van der Waals surface area (Å²) in [6.07, 6.45) is 10.1. The van der Waals surface area contributed by atoms with Crippen LogP contribution < -0.4 is 4.48 Å². The second-order valence-corrected chi connectivity index (χ2v) is 6.00. The van der Waals surface area contributed by atoms with E-state index in [2.05, 4.69) is 51.7 Å². The summed E-state index contributed by atoms with van der Waals surface area (Å²) >= 11 is 0. The Balaban J connectivity index is 2.50. The zero-order valence-corrected chi connectivity index (χ0v) is 13.7. The van der Waals surface area contributed by atoms with Crippen molar-refractivity contribution in [1.29, 1.82) is 0 Å². The molecule has 0 aliphatic carbocycles. The topological polar surface area (TPSA) is 0 Å². The molecule has 0 spiro atoms. The highest BCUT2D eigenvalue weighted by molar-refractivity contribution is 5.53. The molecular weight excluding hydrogens is 242 g/mol. The maximum Gasteiger partial charge on any atom is 0.132 e. The maximum atomic E-state index is 3.82. The fourth-order valence-corrected chi connectivity index (χ4v) is 2.68. The Bertz CT molecular complexity index is 379. The Kier molecular flexibility index (Phi) is 7.61. The van der Waals surface area contributed by atoms with Gasteiger partial charge in [-0.2, -0.15) is 0 Å². The molecule has 112 valence electrons. The summed E-state index contributed by atoms with van der Waals surface area (Å²) < 4.78 is 1.05. The normalized spacial score (nSPS) is 13.9. The van der Waals surface area contributed by atoms with Gasteiger partial charge in [-0.05, 0) is 49.6 Å². The quantitative estimate of drug-likeness (QED) is 0.382. The van der Waals surface area contributed by atoms with Gasteiger partial charge >= 0.3 is 0 Å². The number of quaternary nitrogens is 1. The Morgan fingerprint density at radius 2 is 1.55 bits per heavy atom. The van der Waals surface area contributed by atoms with Crippen LogP contribution >= 0.6 is 0 Å². The maximum absolute atomic E-state index is 3.82. The van der Waals surface area contributed by atoms with Crippen molar-refractivity contribution in [2.75, 3.05) is 20.1 Å². The van der Waals surface area contributed by atoms with E-state index in [0.717, 1.165) is 11.0 Å². The standard InChI is InChI=1S/C19H32N/c1-5-8-9-10-11-12-17-20(4,7-3)19-15-13-18(6-2)14-16-19/h6,13-16H,2,5,7-12,17H2,1,3-4H3/q+1. The van der Waals surface area contributed by atoms with Gasteiger partial charge in [0.05, 0.1) is 20.1 Å². The third kappa shape index (κ3) is 5.13. The molecule has 0 saturated heterocycles. The lowest BCUT2D eigenvalue weighted by molar-refractivity contribution is 0.334. The van der Waals surface area contributed by atoms with Crippen LogP contribution in [0.2, 0.25) is 0 Å². The van der Waals surface area contributed by atoms with Crippen molar-refractivity contribution in [3.05, 3.63) is 36.4 Å². The van der Waals surface area contributed by atoms with E-state index in [0.29, 0.717) is 0 Å². The van der Waals surface area contributed by atoms with Gasteiger partial charge < -0.3 is 0 Å². The molecule has 0 aliphatic heterocycles. The van der Waals surface area contributed by atoms with Crippen LogP contribution in [0.15, 0.2) is 30.8 Å². The van der Waals surface area contributed by atoms with Gasteiger partial charge in [-0.3, -0.25) is 4.48 Å². The Morgan fingerprint density at radius 1 is 0.950 bits per heavy atom. The van der Waals surface area contributed by atoms with Crippen LogP contribution in [0.3, 0.4) is 0 Å². The number of hydrogen-bond acceptors (Lipinski definition) is 0. The number of unbranched alkanes of at least 4 members (excludes halogenated alkanes) is 5. The van der Waals surface area contributed by atoms with E-state index in [4.69, 9.17) is 0 Å². The van der Waals surface area contributed by atoms with Crippen LogP contribution in [-0.4, -0.2) is 20.1 Å². The summed E-state index contributed by atoms with van der Waals surface area (Å²) in [5.41, 5.74) is 2.63. The lowest BCUT2D eigenvalue weighted by Crippen LogP contribution is -2.45. The van der Waals surface area contributed by atoms with Crippen molar-refractivity contribution < 1.29 is 0 Å². The molecule has 20 heavy (non-hydrogen) atoms. The second kappa shape index (κ2) is 8.97. The predicted octanol–water partition coefficient (Wildman–Crippen LogP) is 5.65. The third-order valence-corrected chi connectivity index (χ3v) is 4.46. The summed E-state index contributed by atoms with van der Waals surface area (Å²) in [5, 5.41) is 0. The molecule has 1 heteroatoms. The average molecular weight is 274 g/mol. The Morgan fingerprint density at radius 3 is 2.10 bits per heavy atom. The first-order valence-corrected chi connectivity index (χ1v) is 8.24. The van der Waals surface area contributed by atoms with Gasteiger partial charge in [0.15, 0.2) is 0 Å². The molecule has 1 unspecified atom stereocenters. The number of hydrogen-bond donors (Lipinski definition) is 0. The van der Waals surface area contributed by atoms with Gasteiger partial charge in [0, 0.05) is 0 Å². The highest BCUT2D eigenvalue weighted by Crippen LogP contribution is 2.23. The van der Waals surface area contributed by atoms with Gasteiger partial charge in [-0.25, -0.2) is 0 Å². The molecule has 1 nitrogen and oxygen atoms in total. The zero-order chi connectivity index (χ0) is 14.8. The average Bonchev–Trinajstić information content (AvgIpc) is 2.50. The first-order valence-electron chi connectivity index (χ1n) is 8.24. The van der Waals surface area contributed by atoms with E-state index in [9.17, 15) is 0 Å². The molecular formula is C19H32N+. The van der Waals surface area contributed by atoms with Crippen LogP contribution in [0.4, 0.5) is 5.69 Å². The van der Waals surface area contributed by atoms with Crippen molar-refractivity contribution in [3.63, 3.8) is 0 Å². The van der Waals surface area contributed by atoms with E-state index >= 15 is 0 Å². The summed E-state index contributed by atoms with van der Waals surface area (Å²) in [6.45, 7) is 10.8. The fourth-order valence-electron chi connectivity index (χ4n) is 2.68. The van der Waals surface area contributed by atoms with Crippen LogP contribution in [0.25, 0.3) is 6.08 Å². The SMILES string of the molecule is C=Cc1ccc([N+](C)(CC)CCCCCCCC)cc1. The van der Waals surface area contributed by atoms with Crippen molar-refractivity contribution in [2.24, 2.45) is 0 Å². The van der Waals surface area contributed by atoms with Crippen LogP contribution in [-0.2, 0) is 0 Å². The molecule has 0 N–H and O–H groups in total. The van der Waals surface area contributed by atoms with Crippen molar-refractivity contribution in [1.82, 2.24) is 4.48 Å². The van der Waals surface area contributed by atoms with Gasteiger partial charge in [0.2, 0.25) is 0 Å². The first kappa shape index (κ1) is 17.0. The monoisotopic (exact) mass is 274 g/mol. The number of benzene rings is 1. The smallest absolute Gasteiger partial charge is 0.132 e. The largest absolute Gasteiger partial charge is 0.294 e. The Hall–Kier alpha value is -1.08. The molecule has 0 aliphatic rings. The third-order valence-electron chi connectivity index (χ3n) is 4.46.